The lowest BCUT2D eigenvalue weighted by Gasteiger charge is -2.24. The van der Waals surface area contributed by atoms with Crippen LogP contribution in [0.5, 0.6) is 0 Å². The smallest absolute Gasteiger partial charge is 0.254 e. The summed E-state index contributed by atoms with van der Waals surface area (Å²) in [6.07, 6.45) is 2.93. The van der Waals surface area contributed by atoms with E-state index in [9.17, 15) is 4.79 Å². The molecule has 1 aliphatic rings. The number of aryl methyl sites for hydroxylation is 1. The molecule has 0 radical (unpaired) electrons. The van der Waals surface area contributed by atoms with Crippen molar-refractivity contribution in [3.63, 3.8) is 0 Å². The summed E-state index contributed by atoms with van der Waals surface area (Å²) in [4.78, 5) is 18.6. The second-order valence-electron chi connectivity index (χ2n) is 4.96. The number of thioether (sulfide) groups is 1. The lowest BCUT2D eigenvalue weighted by molar-refractivity contribution is 0.0747. The average molecular weight is 279 g/mol. The summed E-state index contributed by atoms with van der Waals surface area (Å²) >= 11 is 1.91. The fraction of sp³-hybridized carbons (Fsp3) is 0.571. The first kappa shape index (κ1) is 14.2. The van der Waals surface area contributed by atoms with Crippen molar-refractivity contribution in [2.45, 2.75) is 32.2 Å². The second-order valence-corrected chi connectivity index (χ2v) is 6.11. The summed E-state index contributed by atoms with van der Waals surface area (Å²) in [5.41, 5.74) is 7.36. The largest absolute Gasteiger partial charge is 0.384 e. The standard InChI is InChI=1S/C14H21N3OS/c1-3-4-11-7-10(8-13(15)16-11)14(18)17(2)12-5-6-19-9-12/h7-8,12H,3-6,9H2,1-2H3,(H2,15,16). The number of carbonyl (C=O) groups is 1. The molecule has 1 aliphatic heterocycles. The van der Waals surface area contributed by atoms with Crippen LogP contribution in [0.25, 0.3) is 0 Å². The summed E-state index contributed by atoms with van der Waals surface area (Å²) in [5, 5.41) is 0. The topological polar surface area (TPSA) is 59.2 Å². The van der Waals surface area contributed by atoms with Crippen LogP contribution in [0.4, 0.5) is 5.82 Å². The van der Waals surface area contributed by atoms with E-state index < -0.39 is 0 Å². The molecule has 1 amide bonds. The molecule has 0 aliphatic carbocycles. The van der Waals surface area contributed by atoms with Crippen LogP contribution >= 0.6 is 11.8 Å². The van der Waals surface area contributed by atoms with E-state index in [-0.39, 0.29) is 5.91 Å². The second kappa shape index (κ2) is 6.28. The van der Waals surface area contributed by atoms with Gasteiger partial charge in [0.1, 0.15) is 5.82 Å². The zero-order valence-electron chi connectivity index (χ0n) is 11.6. The van der Waals surface area contributed by atoms with Crippen LogP contribution in [0, 0.1) is 0 Å². The number of rotatable bonds is 4. The van der Waals surface area contributed by atoms with Gasteiger partial charge in [-0.3, -0.25) is 4.79 Å². The van der Waals surface area contributed by atoms with E-state index in [1.165, 1.54) is 0 Å². The van der Waals surface area contributed by atoms with Gasteiger partial charge in [0, 0.05) is 30.1 Å². The minimum absolute atomic E-state index is 0.0546. The summed E-state index contributed by atoms with van der Waals surface area (Å²) in [6, 6.07) is 3.91. The van der Waals surface area contributed by atoms with Gasteiger partial charge in [0.15, 0.2) is 0 Å². The number of amides is 1. The number of aromatic nitrogens is 1. The van der Waals surface area contributed by atoms with Crippen LogP contribution in [-0.2, 0) is 6.42 Å². The molecule has 0 aromatic carbocycles. The molecule has 104 valence electrons. The van der Waals surface area contributed by atoms with E-state index in [1.807, 2.05) is 29.8 Å². The monoisotopic (exact) mass is 279 g/mol. The Balaban J connectivity index is 2.17. The van der Waals surface area contributed by atoms with Gasteiger partial charge in [-0.05, 0) is 30.7 Å². The summed E-state index contributed by atoms with van der Waals surface area (Å²) in [7, 11) is 1.88. The molecule has 1 fully saturated rings. The summed E-state index contributed by atoms with van der Waals surface area (Å²) < 4.78 is 0. The van der Waals surface area contributed by atoms with Crippen molar-refractivity contribution in [3.8, 4) is 0 Å². The highest BCUT2D eigenvalue weighted by Crippen LogP contribution is 2.23. The highest BCUT2D eigenvalue weighted by atomic mass is 32.2. The van der Waals surface area contributed by atoms with E-state index >= 15 is 0 Å². The van der Waals surface area contributed by atoms with Crippen LogP contribution < -0.4 is 5.73 Å². The van der Waals surface area contributed by atoms with Crippen molar-refractivity contribution < 1.29 is 4.79 Å². The Morgan fingerprint density at radius 3 is 3.00 bits per heavy atom. The molecular formula is C14H21N3OS. The maximum Gasteiger partial charge on any atom is 0.254 e. The SMILES string of the molecule is CCCc1cc(C(=O)N(C)C2CCSC2)cc(N)n1. The zero-order valence-corrected chi connectivity index (χ0v) is 12.4. The fourth-order valence-electron chi connectivity index (χ4n) is 2.32. The summed E-state index contributed by atoms with van der Waals surface area (Å²) in [6.45, 7) is 2.09. The van der Waals surface area contributed by atoms with E-state index in [4.69, 9.17) is 5.73 Å². The van der Waals surface area contributed by atoms with Gasteiger partial charge >= 0.3 is 0 Å². The molecule has 0 saturated carbocycles. The Bertz CT molecular complexity index is 458. The molecule has 4 nitrogen and oxygen atoms in total. The Labute approximate surface area is 118 Å². The van der Waals surface area contributed by atoms with Crippen molar-refractivity contribution in [1.29, 1.82) is 0 Å². The average Bonchev–Trinajstić information content (AvgIpc) is 2.90. The van der Waals surface area contributed by atoms with Crippen LogP contribution in [0.1, 0.15) is 35.8 Å². The third-order valence-electron chi connectivity index (χ3n) is 3.43. The molecule has 2 rings (SSSR count). The number of carbonyl (C=O) groups excluding carboxylic acids is 1. The Morgan fingerprint density at radius 1 is 1.58 bits per heavy atom. The molecular weight excluding hydrogens is 258 g/mol. The molecule has 2 N–H and O–H groups in total. The number of anilines is 1. The quantitative estimate of drug-likeness (QED) is 0.918. The van der Waals surface area contributed by atoms with Gasteiger partial charge in [0.05, 0.1) is 0 Å². The lowest BCUT2D eigenvalue weighted by Crippen LogP contribution is -2.37. The highest BCUT2D eigenvalue weighted by molar-refractivity contribution is 7.99. The van der Waals surface area contributed by atoms with E-state index in [0.717, 1.165) is 36.5 Å². The predicted octanol–water partition coefficient (Wildman–Crippen LogP) is 2.19. The Morgan fingerprint density at radius 2 is 2.37 bits per heavy atom. The van der Waals surface area contributed by atoms with Crippen LogP contribution in [0.3, 0.4) is 0 Å². The molecule has 1 aromatic heterocycles. The number of nitrogens with two attached hydrogens (primary N) is 1. The first-order valence-corrected chi connectivity index (χ1v) is 7.88. The number of nitrogen functional groups attached to an aromatic ring is 1. The van der Waals surface area contributed by atoms with Crippen LogP contribution in [-0.4, -0.2) is 40.4 Å². The van der Waals surface area contributed by atoms with Gasteiger partial charge in [-0.1, -0.05) is 13.3 Å². The van der Waals surface area contributed by atoms with Gasteiger partial charge in [0.2, 0.25) is 0 Å². The lowest BCUT2D eigenvalue weighted by atomic mass is 10.1. The molecule has 1 saturated heterocycles. The van der Waals surface area contributed by atoms with Crippen molar-refractivity contribution >= 4 is 23.5 Å². The van der Waals surface area contributed by atoms with E-state index in [2.05, 4.69) is 11.9 Å². The van der Waals surface area contributed by atoms with Crippen molar-refractivity contribution in [2.24, 2.45) is 0 Å². The first-order valence-electron chi connectivity index (χ1n) is 6.73. The maximum absolute atomic E-state index is 12.5. The molecule has 2 heterocycles. The molecule has 0 spiro atoms. The normalized spacial score (nSPS) is 18.5. The minimum Gasteiger partial charge on any atom is -0.384 e. The maximum atomic E-state index is 12.5. The van der Waals surface area contributed by atoms with Crippen molar-refractivity contribution in [3.05, 3.63) is 23.4 Å². The molecule has 5 heteroatoms. The third kappa shape index (κ3) is 3.41. The van der Waals surface area contributed by atoms with Crippen molar-refractivity contribution in [2.75, 3.05) is 24.3 Å². The molecule has 1 atom stereocenters. The van der Waals surface area contributed by atoms with Gasteiger partial charge in [0.25, 0.3) is 5.91 Å². The predicted molar refractivity (Wildman–Crippen MR) is 80.5 cm³/mol. The molecule has 1 unspecified atom stereocenters. The zero-order chi connectivity index (χ0) is 13.8. The molecule has 1 aromatic rings. The Kier molecular flexibility index (Phi) is 4.69. The number of pyridine rings is 1. The van der Waals surface area contributed by atoms with Crippen molar-refractivity contribution in [1.82, 2.24) is 9.88 Å². The minimum atomic E-state index is 0.0546. The van der Waals surface area contributed by atoms with E-state index in [0.29, 0.717) is 17.4 Å². The number of hydrogen-bond acceptors (Lipinski definition) is 4. The van der Waals surface area contributed by atoms with Gasteiger partial charge in [-0.25, -0.2) is 4.98 Å². The number of hydrogen-bond donors (Lipinski definition) is 1. The molecule has 0 bridgehead atoms. The first-order chi connectivity index (χ1) is 9.11. The van der Waals surface area contributed by atoms with Gasteiger partial charge in [-0.15, -0.1) is 0 Å². The number of nitrogens with zero attached hydrogens (tertiary/aromatic N) is 2. The highest BCUT2D eigenvalue weighted by Gasteiger charge is 2.25. The molecule has 19 heavy (non-hydrogen) atoms. The van der Waals surface area contributed by atoms with Gasteiger partial charge in [-0.2, -0.15) is 11.8 Å². The summed E-state index contributed by atoms with van der Waals surface area (Å²) in [5.74, 6) is 2.66. The third-order valence-corrected chi connectivity index (χ3v) is 4.57. The van der Waals surface area contributed by atoms with Crippen LogP contribution in [0.2, 0.25) is 0 Å². The Hall–Kier alpha value is -1.23. The van der Waals surface area contributed by atoms with Gasteiger partial charge < -0.3 is 10.6 Å². The fourth-order valence-corrected chi connectivity index (χ4v) is 3.58. The van der Waals surface area contributed by atoms with Crippen LogP contribution in [0.15, 0.2) is 12.1 Å². The van der Waals surface area contributed by atoms with E-state index in [1.54, 1.807) is 6.07 Å².